The summed E-state index contributed by atoms with van der Waals surface area (Å²) in [4.78, 5) is 35.6. The smallest absolute Gasteiger partial charge is 0.374 e. The topological polar surface area (TPSA) is 104 Å². The third kappa shape index (κ3) is 4.17. The quantitative estimate of drug-likeness (QED) is 0.491. The Balaban J connectivity index is 1.33. The maximum absolute atomic E-state index is 12.2. The maximum Gasteiger partial charge on any atom is 0.374 e. The molecule has 0 saturated carbocycles. The van der Waals surface area contributed by atoms with Gasteiger partial charge in [-0.1, -0.05) is 24.3 Å². The number of carbonyl (C=O) groups is 3. The fraction of sp³-hybridized carbons (Fsp3) is 0.136. The highest BCUT2D eigenvalue weighted by Crippen LogP contribution is 2.34. The summed E-state index contributed by atoms with van der Waals surface area (Å²) in [5.41, 5.74) is 1.78. The minimum atomic E-state index is -0.762. The van der Waals surface area contributed by atoms with Crippen LogP contribution in [0, 0.1) is 0 Å². The molecule has 0 radical (unpaired) electrons. The van der Waals surface area contributed by atoms with Crippen LogP contribution in [-0.4, -0.2) is 31.1 Å². The number of esters is 1. The molecular weight excluding hydrogens is 390 g/mol. The Hall–Kier alpha value is -4.07. The van der Waals surface area contributed by atoms with Crippen LogP contribution in [0.5, 0.6) is 11.5 Å². The number of benzene rings is 2. The van der Waals surface area contributed by atoms with Crippen molar-refractivity contribution in [1.82, 2.24) is 0 Å². The Bertz CT molecular complexity index is 1110. The molecule has 2 aromatic carbocycles. The van der Waals surface area contributed by atoms with Crippen molar-refractivity contribution in [3.8, 4) is 22.8 Å². The molecule has 1 amide bonds. The van der Waals surface area contributed by atoms with Crippen molar-refractivity contribution in [2.45, 2.75) is 6.92 Å². The van der Waals surface area contributed by atoms with Crippen molar-refractivity contribution in [3.05, 3.63) is 65.9 Å². The molecule has 2 heterocycles. The predicted molar refractivity (Wildman–Crippen MR) is 106 cm³/mol. The van der Waals surface area contributed by atoms with Gasteiger partial charge in [-0.3, -0.25) is 9.59 Å². The number of ether oxygens (including phenoxy) is 3. The summed E-state index contributed by atoms with van der Waals surface area (Å²) < 4.78 is 21.0. The fourth-order valence-corrected chi connectivity index (χ4v) is 2.85. The van der Waals surface area contributed by atoms with Crippen LogP contribution in [0.1, 0.15) is 27.8 Å². The third-order valence-electron chi connectivity index (χ3n) is 4.37. The van der Waals surface area contributed by atoms with Gasteiger partial charge in [0.2, 0.25) is 12.6 Å². The Morgan fingerprint density at radius 3 is 2.50 bits per heavy atom. The van der Waals surface area contributed by atoms with E-state index in [1.54, 1.807) is 48.5 Å². The van der Waals surface area contributed by atoms with Crippen LogP contribution in [-0.2, 0) is 9.53 Å². The normalized spacial score (nSPS) is 11.8. The number of rotatable bonds is 6. The molecule has 0 atom stereocenters. The zero-order valence-corrected chi connectivity index (χ0v) is 16.0. The number of amides is 1. The van der Waals surface area contributed by atoms with Crippen molar-refractivity contribution >= 4 is 23.3 Å². The second-order valence-corrected chi connectivity index (χ2v) is 6.49. The zero-order chi connectivity index (χ0) is 21.1. The summed E-state index contributed by atoms with van der Waals surface area (Å²) in [5, 5.41) is 2.61. The van der Waals surface area contributed by atoms with Crippen molar-refractivity contribution < 1.29 is 33.0 Å². The molecule has 1 N–H and O–H groups in total. The number of hydrogen-bond donors (Lipinski definition) is 1. The average Bonchev–Trinajstić information content (AvgIpc) is 3.41. The van der Waals surface area contributed by atoms with Gasteiger partial charge in [-0.05, 0) is 31.2 Å². The van der Waals surface area contributed by atoms with E-state index >= 15 is 0 Å². The molecule has 3 aromatic rings. The SMILES string of the molecule is CC(=O)c1ccc(-c2ccc(C(=O)OCC(=O)Nc3ccc4c(c3)OCO4)o2)cc1. The van der Waals surface area contributed by atoms with Gasteiger partial charge in [-0.2, -0.15) is 0 Å². The van der Waals surface area contributed by atoms with Gasteiger partial charge >= 0.3 is 5.97 Å². The molecule has 1 aliphatic heterocycles. The highest BCUT2D eigenvalue weighted by atomic mass is 16.7. The number of nitrogens with one attached hydrogen (secondary N) is 1. The van der Waals surface area contributed by atoms with Gasteiger partial charge in [-0.25, -0.2) is 4.79 Å². The lowest BCUT2D eigenvalue weighted by Crippen LogP contribution is -2.20. The lowest BCUT2D eigenvalue weighted by atomic mass is 10.1. The number of hydrogen-bond acceptors (Lipinski definition) is 7. The second-order valence-electron chi connectivity index (χ2n) is 6.49. The van der Waals surface area contributed by atoms with Crippen molar-refractivity contribution in [2.75, 3.05) is 18.7 Å². The largest absolute Gasteiger partial charge is 0.454 e. The van der Waals surface area contributed by atoms with Crippen LogP contribution in [0.2, 0.25) is 0 Å². The molecule has 8 heteroatoms. The summed E-state index contributed by atoms with van der Waals surface area (Å²) in [5.74, 6) is 0.243. The minimum absolute atomic E-state index is 0.0310. The van der Waals surface area contributed by atoms with Gasteiger partial charge in [0.1, 0.15) is 5.76 Å². The number of carbonyl (C=O) groups excluding carboxylic acids is 3. The molecule has 0 bridgehead atoms. The first kappa shape index (κ1) is 19.3. The van der Waals surface area contributed by atoms with E-state index in [1.807, 2.05) is 0 Å². The van der Waals surface area contributed by atoms with Crippen molar-refractivity contribution in [3.63, 3.8) is 0 Å². The van der Waals surface area contributed by atoms with E-state index in [0.29, 0.717) is 34.1 Å². The summed E-state index contributed by atoms with van der Waals surface area (Å²) in [6, 6.07) is 14.8. The Labute approximate surface area is 171 Å². The first-order chi connectivity index (χ1) is 14.5. The summed E-state index contributed by atoms with van der Waals surface area (Å²) in [7, 11) is 0. The number of ketones is 1. The summed E-state index contributed by atoms with van der Waals surface area (Å²) >= 11 is 0. The molecule has 4 rings (SSSR count). The van der Waals surface area contributed by atoms with E-state index in [0.717, 1.165) is 0 Å². The monoisotopic (exact) mass is 407 g/mol. The van der Waals surface area contributed by atoms with Crippen LogP contribution >= 0.6 is 0 Å². The predicted octanol–water partition coefficient (Wildman–Crippen LogP) is 3.67. The molecule has 152 valence electrons. The van der Waals surface area contributed by atoms with E-state index < -0.39 is 18.5 Å². The first-order valence-electron chi connectivity index (χ1n) is 9.07. The van der Waals surface area contributed by atoms with E-state index in [9.17, 15) is 14.4 Å². The Morgan fingerprint density at radius 2 is 1.73 bits per heavy atom. The minimum Gasteiger partial charge on any atom is -0.454 e. The molecule has 0 saturated heterocycles. The fourth-order valence-electron chi connectivity index (χ4n) is 2.85. The average molecular weight is 407 g/mol. The van der Waals surface area contributed by atoms with Gasteiger partial charge < -0.3 is 23.9 Å². The number of furan rings is 1. The lowest BCUT2D eigenvalue weighted by Gasteiger charge is -2.06. The zero-order valence-electron chi connectivity index (χ0n) is 16.0. The molecule has 0 unspecified atom stereocenters. The molecule has 1 aliphatic rings. The van der Waals surface area contributed by atoms with Gasteiger partial charge in [0.15, 0.2) is 23.9 Å². The highest BCUT2D eigenvalue weighted by molar-refractivity contribution is 5.95. The van der Waals surface area contributed by atoms with E-state index in [-0.39, 0.29) is 18.3 Å². The van der Waals surface area contributed by atoms with Crippen molar-refractivity contribution in [1.29, 1.82) is 0 Å². The molecule has 30 heavy (non-hydrogen) atoms. The van der Waals surface area contributed by atoms with E-state index in [2.05, 4.69) is 5.32 Å². The highest BCUT2D eigenvalue weighted by Gasteiger charge is 2.17. The molecule has 0 fully saturated rings. The van der Waals surface area contributed by atoms with Crippen LogP contribution in [0.25, 0.3) is 11.3 Å². The number of fused-ring (bicyclic) bond motifs is 1. The molecule has 1 aromatic heterocycles. The van der Waals surface area contributed by atoms with Gasteiger partial charge in [0.05, 0.1) is 0 Å². The molecule has 0 aliphatic carbocycles. The molecule has 8 nitrogen and oxygen atoms in total. The Kier molecular flexibility index (Phi) is 5.21. The van der Waals surface area contributed by atoms with Crippen LogP contribution < -0.4 is 14.8 Å². The Morgan fingerprint density at radius 1 is 0.967 bits per heavy atom. The van der Waals surface area contributed by atoms with Crippen LogP contribution in [0.3, 0.4) is 0 Å². The maximum atomic E-state index is 12.2. The molecule has 0 spiro atoms. The lowest BCUT2D eigenvalue weighted by molar-refractivity contribution is -0.119. The third-order valence-corrected chi connectivity index (χ3v) is 4.37. The van der Waals surface area contributed by atoms with Crippen LogP contribution in [0.15, 0.2) is 59.0 Å². The second kappa shape index (κ2) is 8.12. The van der Waals surface area contributed by atoms with Gasteiger partial charge in [0.25, 0.3) is 5.91 Å². The standard InChI is InChI=1S/C22H17NO7/c1-13(24)14-2-4-15(5-3-14)17-8-9-19(30-17)22(26)27-11-21(25)23-16-6-7-18-20(10-16)29-12-28-18/h2-10H,11-12H2,1H3,(H,23,25). The summed E-state index contributed by atoms with van der Waals surface area (Å²) in [6.07, 6.45) is 0. The van der Waals surface area contributed by atoms with Gasteiger partial charge in [-0.15, -0.1) is 0 Å². The first-order valence-corrected chi connectivity index (χ1v) is 9.07. The van der Waals surface area contributed by atoms with Crippen LogP contribution in [0.4, 0.5) is 5.69 Å². The van der Waals surface area contributed by atoms with Gasteiger partial charge in [0, 0.05) is 22.9 Å². The summed E-state index contributed by atoms with van der Waals surface area (Å²) in [6.45, 7) is 1.14. The van der Waals surface area contributed by atoms with E-state index in [4.69, 9.17) is 18.6 Å². The number of Topliss-reactive ketones (excluding diaryl/α,β-unsaturated/α-hetero) is 1. The van der Waals surface area contributed by atoms with Crippen molar-refractivity contribution in [2.24, 2.45) is 0 Å². The number of anilines is 1. The molecular formula is C22H17NO7. The van der Waals surface area contributed by atoms with E-state index in [1.165, 1.54) is 13.0 Å².